The van der Waals surface area contributed by atoms with Crippen molar-refractivity contribution in [3.8, 4) is 17.4 Å². The van der Waals surface area contributed by atoms with Crippen molar-refractivity contribution in [2.24, 2.45) is 0 Å². The smallest absolute Gasteiger partial charge is 0.219 e. The molecule has 1 aromatic heterocycles. The van der Waals surface area contributed by atoms with E-state index in [9.17, 15) is 0 Å². The number of nitrogens with one attached hydrogen (secondary N) is 1. The van der Waals surface area contributed by atoms with E-state index in [4.69, 9.17) is 21.1 Å². The molecule has 0 spiro atoms. The predicted molar refractivity (Wildman–Crippen MR) is 82.2 cm³/mol. The van der Waals surface area contributed by atoms with Crippen LogP contribution >= 0.6 is 11.6 Å². The van der Waals surface area contributed by atoms with Crippen LogP contribution in [0.4, 0.5) is 0 Å². The summed E-state index contributed by atoms with van der Waals surface area (Å²) < 4.78 is 11.1. The number of methoxy groups -OCH3 is 1. The molecule has 0 saturated heterocycles. The molecule has 2 aromatic rings. The molecule has 1 saturated carbocycles. The summed E-state index contributed by atoms with van der Waals surface area (Å²) in [6.07, 6.45) is 4.11. The molecule has 0 atom stereocenters. The van der Waals surface area contributed by atoms with Gasteiger partial charge in [0.05, 0.1) is 12.1 Å². The standard InChI is InChI=1S/C16H17ClN2O2/c1-20-14-4-2-3-5-15(14)21-16-8-11(13(17)10-19-16)9-18-12-6-7-12/h2-5,8,10,12,18H,6-7,9H2,1H3. The second kappa shape index (κ2) is 6.33. The van der Waals surface area contributed by atoms with Gasteiger partial charge in [-0.1, -0.05) is 23.7 Å². The van der Waals surface area contributed by atoms with Gasteiger partial charge < -0.3 is 14.8 Å². The van der Waals surface area contributed by atoms with Gasteiger partial charge in [0, 0.05) is 24.8 Å². The summed E-state index contributed by atoms with van der Waals surface area (Å²) >= 11 is 6.18. The van der Waals surface area contributed by atoms with Gasteiger partial charge in [0.15, 0.2) is 11.5 Å². The fourth-order valence-electron chi connectivity index (χ4n) is 2.01. The minimum absolute atomic E-state index is 0.511. The average Bonchev–Trinajstić information content (AvgIpc) is 3.32. The number of nitrogens with zero attached hydrogens (tertiary/aromatic N) is 1. The number of aromatic nitrogens is 1. The lowest BCUT2D eigenvalue weighted by molar-refractivity contribution is 0.374. The summed E-state index contributed by atoms with van der Waals surface area (Å²) in [4.78, 5) is 4.21. The molecule has 1 aromatic carbocycles. The lowest BCUT2D eigenvalue weighted by atomic mass is 10.2. The summed E-state index contributed by atoms with van der Waals surface area (Å²) in [5.74, 6) is 1.82. The number of para-hydroxylation sites is 2. The summed E-state index contributed by atoms with van der Waals surface area (Å²) in [6, 6.07) is 9.98. The lowest BCUT2D eigenvalue weighted by Gasteiger charge is -2.11. The van der Waals surface area contributed by atoms with Crippen molar-refractivity contribution in [2.75, 3.05) is 7.11 Å². The van der Waals surface area contributed by atoms with Gasteiger partial charge in [-0.05, 0) is 30.5 Å². The summed E-state index contributed by atoms with van der Waals surface area (Å²) in [6.45, 7) is 0.730. The second-order valence-electron chi connectivity index (χ2n) is 5.02. The molecule has 1 N–H and O–H groups in total. The Balaban J connectivity index is 1.76. The maximum absolute atomic E-state index is 6.18. The number of halogens is 1. The Morgan fingerprint density at radius 2 is 2.05 bits per heavy atom. The molecule has 1 heterocycles. The van der Waals surface area contributed by atoms with E-state index in [2.05, 4.69) is 10.3 Å². The van der Waals surface area contributed by atoms with Crippen LogP contribution in [-0.2, 0) is 6.54 Å². The highest BCUT2D eigenvalue weighted by molar-refractivity contribution is 6.31. The van der Waals surface area contributed by atoms with Gasteiger partial charge in [-0.25, -0.2) is 4.98 Å². The first-order valence-electron chi connectivity index (χ1n) is 6.95. The summed E-state index contributed by atoms with van der Waals surface area (Å²) in [5, 5.41) is 4.08. The van der Waals surface area contributed by atoms with Gasteiger partial charge in [-0.3, -0.25) is 0 Å². The molecule has 4 nitrogen and oxygen atoms in total. The van der Waals surface area contributed by atoms with Crippen molar-refractivity contribution in [2.45, 2.75) is 25.4 Å². The Hall–Kier alpha value is -1.78. The van der Waals surface area contributed by atoms with E-state index in [1.54, 1.807) is 13.3 Å². The number of pyridine rings is 1. The molecule has 0 bridgehead atoms. The molecule has 1 aliphatic carbocycles. The van der Waals surface area contributed by atoms with Gasteiger partial charge in [-0.2, -0.15) is 0 Å². The topological polar surface area (TPSA) is 43.4 Å². The van der Waals surface area contributed by atoms with Crippen molar-refractivity contribution in [3.05, 3.63) is 47.1 Å². The molecule has 110 valence electrons. The van der Waals surface area contributed by atoms with Crippen LogP contribution in [0.2, 0.25) is 5.02 Å². The van der Waals surface area contributed by atoms with Gasteiger partial charge in [0.2, 0.25) is 5.88 Å². The zero-order valence-electron chi connectivity index (χ0n) is 11.8. The Kier molecular flexibility index (Phi) is 4.27. The predicted octanol–water partition coefficient (Wildman–Crippen LogP) is 3.79. The second-order valence-corrected chi connectivity index (χ2v) is 5.43. The van der Waals surface area contributed by atoms with E-state index in [1.165, 1.54) is 12.8 Å². The lowest BCUT2D eigenvalue weighted by Crippen LogP contribution is -2.15. The van der Waals surface area contributed by atoms with Crippen LogP contribution in [0, 0.1) is 0 Å². The highest BCUT2D eigenvalue weighted by Crippen LogP contribution is 2.31. The summed E-state index contributed by atoms with van der Waals surface area (Å²) in [5.41, 5.74) is 0.989. The molecule has 0 unspecified atom stereocenters. The van der Waals surface area contributed by atoms with E-state index in [-0.39, 0.29) is 0 Å². The average molecular weight is 305 g/mol. The molecule has 0 amide bonds. The highest BCUT2D eigenvalue weighted by atomic mass is 35.5. The van der Waals surface area contributed by atoms with Gasteiger partial charge in [0.25, 0.3) is 0 Å². The molecule has 3 rings (SSSR count). The van der Waals surface area contributed by atoms with E-state index < -0.39 is 0 Å². The Labute approximate surface area is 129 Å². The van der Waals surface area contributed by atoms with Crippen molar-refractivity contribution in [1.82, 2.24) is 10.3 Å². The zero-order chi connectivity index (χ0) is 14.7. The molecule has 1 fully saturated rings. The van der Waals surface area contributed by atoms with Crippen molar-refractivity contribution in [3.63, 3.8) is 0 Å². The number of ether oxygens (including phenoxy) is 2. The minimum Gasteiger partial charge on any atom is -0.493 e. The van der Waals surface area contributed by atoms with E-state index in [0.29, 0.717) is 28.4 Å². The van der Waals surface area contributed by atoms with E-state index in [1.807, 2.05) is 30.3 Å². The first kappa shape index (κ1) is 14.2. The molecule has 0 aliphatic heterocycles. The quantitative estimate of drug-likeness (QED) is 0.882. The first-order valence-corrected chi connectivity index (χ1v) is 7.33. The molecule has 0 radical (unpaired) electrons. The SMILES string of the molecule is COc1ccccc1Oc1cc(CNC2CC2)c(Cl)cn1. The fourth-order valence-corrected chi connectivity index (χ4v) is 2.18. The molecular weight excluding hydrogens is 288 g/mol. The third kappa shape index (κ3) is 3.65. The monoisotopic (exact) mass is 304 g/mol. The van der Waals surface area contributed by atoms with Gasteiger partial charge >= 0.3 is 0 Å². The zero-order valence-corrected chi connectivity index (χ0v) is 12.6. The van der Waals surface area contributed by atoms with Crippen LogP contribution in [0.15, 0.2) is 36.5 Å². The maximum atomic E-state index is 6.18. The number of benzene rings is 1. The third-order valence-corrected chi connectivity index (χ3v) is 3.69. The molecule has 1 aliphatic rings. The van der Waals surface area contributed by atoms with Crippen LogP contribution in [0.1, 0.15) is 18.4 Å². The van der Waals surface area contributed by atoms with E-state index >= 15 is 0 Å². The van der Waals surface area contributed by atoms with Crippen LogP contribution < -0.4 is 14.8 Å². The molecule has 21 heavy (non-hydrogen) atoms. The fraction of sp³-hybridized carbons (Fsp3) is 0.312. The normalized spacial score (nSPS) is 14.0. The van der Waals surface area contributed by atoms with Crippen molar-refractivity contribution in [1.29, 1.82) is 0 Å². The van der Waals surface area contributed by atoms with Gasteiger partial charge in [0.1, 0.15) is 0 Å². The Morgan fingerprint density at radius 1 is 1.29 bits per heavy atom. The molecule has 5 heteroatoms. The van der Waals surface area contributed by atoms with Crippen molar-refractivity contribution >= 4 is 11.6 Å². The number of hydrogen-bond acceptors (Lipinski definition) is 4. The van der Waals surface area contributed by atoms with Gasteiger partial charge in [-0.15, -0.1) is 0 Å². The number of rotatable bonds is 6. The van der Waals surface area contributed by atoms with Crippen LogP contribution in [-0.4, -0.2) is 18.1 Å². The maximum Gasteiger partial charge on any atom is 0.219 e. The van der Waals surface area contributed by atoms with Crippen LogP contribution in [0.3, 0.4) is 0 Å². The van der Waals surface area contributed by atoms with Crippen LogP contribution in [0.5, 0.6) is 17.4 Å². The largest absolute Gasteiger partial charge is 0.493 e. The Morgan fingerprint density at radius 3 is 2.76 bits per heavy atom. The first-order chi connectivity index (χ1) is 10.3. The van der Waals surface area contributed by atoms with E-state index in [0.717, 1.165) is 12.1 Å². The molecular formula is C16H17ClN2O2. The minimum atomic E-state index is 0.511. The third-order valence-electron chi connectivity index (χ3n) is 3.35. The van der Waals surface area contributed by atoms with Crippen LogP contribution in [0.25, 0.3) is 0 Å². The van der Waals surface area contributed by atoms with Crippen molar-refractivity contribution < 1.29 is 9.47 Å². The summed E-state index contributed by atoms with van der Waals surface area (Å²) in [7, 11) is 1.61. The Bertz CT molecular complexity index is 629. The highest BCUT2D eigenvalue weighted by Gasteiger charge is 2.20. The number of hydrogen-bond donors (Lipinski definition) is 1.